The van der Waals surface area contributed by atoms with E-state index in [0.717, 1.165) is 0 Å². The first-order valence-corrected chi connectivity index (χ1v) is 5.99. The summed E-state index contributed by atoms with van der Waals surface area (Å²) in [6.07, 6.45) is 1.15. The van der Waals surface area contributed by atoms with E-state index in [2.05, 4.69) is 5.09 Å². The first-order valence-electron chi connectivity index (χ1n) is 4.75. The highest BCUT2D eigenvalue weighted by Crippen LogP contribution is 2.20. The van der Waals surface area contributed by atoms with Crippen LogP contribution in [0.5, 0.6) is 0 Å². The molecule has 0 saturated heterocycles. The summed E-state index contributed by atoms with van der Waals surface area (Å²) in [7, 11) is -2.08. The summed E-state index contributed by atoms with van der Waals surface area (Å²) in [5.41, 5.74) is 0.771. The zero-order chi connectivity index (χ0) is 12.0. The molecule has 1 rings (SSSR count). The molecule has 3 N–H and O–H groups in total. The molecule has 16 heavy (non-hydrogen) atoms. The molecule has 0 bridgehead atoms. The number of hydrogen-bond donors (Lipinski definition) is 3. The third-order valence-corrected chi connectivity index (χ3v) is 2.57. The van der Waals surface area contributed by atoms with Crippen LogP contribution in [0.25, 0.3) is 0 Å². The molecule has 1 aromatic carbocycles. The van der Waals surface area contributed by atoms with Gasteiger partial charge in [0.25, 0.3) is 5.69 Å². The van der Waals surface area contributed by atoms with Crippen LogP contribution in [0, 0.1) is 10.1 Å². The van der Waals surface area contributed by atoms with Crippen LogP contribution in [0.1, 0.15) is 12.0 Å². The Morgan fingerprint density at radius 3 is 2.69 bits per heavy atom. The topological polar surface area (TPSA) is 95.6 Å². The number of nitro benzene ring substituents is 1. The minimum atomic E-state index is -2.08. The third kappa shape index (κ3) is 4.20. The van der Waals surface area contributed by atoms with Crippen LogP contribution in [0.15, 0.2) is 24.3 Å². The van der Waals surface area contributed by atoms with E-state index in [1.165, 1.54) is 6.07 Å². The van der Waals surface area contributed by atoms with E-state index in [-0.39, 0.29) is 5.69 Å². The van der Waals surface area contributed by atoms with Gasteiger partial charge in [0.15, 0.2) is 0 Å². The minimum absolute atomic E-state index is 0.109. The lowest BCUT2D eigenvalue weighted by Gasteiger charge is -2.05. The van der Waals surface area contributed by atoms with Crippen LogP contribution in [-0.4, -0.2) is 21.3 Å². The number of aryl methyl sites for hydroxylation is 1. The van der Waals surface area contributed by atoms with Gasteiger partial charge in [0.2, 0.25) is 8.53 Å². The number of rotatable bonds is 6. The fourth-order valence-electron chi connectivity index (χ4n) is 1.36. The van der Waals surface area contributed by atoms with Crippen molar-refractivity contribution in [2.45, 2.75) is 12.8 Å². The Morgan fingerprint density at radius 1 is 1.38 bits per heavy atom. The minimum Gasteiger partial charge on any atom is -0.338 e. The van der Waals surface area contributed by atoms with Crippen LogP contribution in [-0.2, 0) is 6.42 Å². The quantitative estimate of drug-likeness (QED) is 0.303. The molecule has 1 aromatic rings. The fourth-order valence-corrected chi connectivity index (χ4v) is 1.72. The van der Waals surface area contributed by atoms with Gasteiger partial charge in [-0.05, 0) is 12.8 Å². The SMILES string of the molecule is O=[N+]([O-])c1ccccc1CCCNP(O)O. The van der Waals surface area contributed by atoms with Gasteiger partial charge in [-0.1, -0.05) is 18.2 Å². The maximum absolute atomic E-state index is 10.7. The summed E-state index contributed by atoms with van der Waals surface area (Å²) in [5.74, 6) is 0. The van der Waals surface area contributed by atoms with Gasteiger partial charge in [0, 0.05) is 18.2 Å². The van der Waals surface area contributed by atoms with Gasteiger partial charge >= 0.3 is 0 Å². The van der Waals surface area contributed by atoms with E-state index in [1.807, 2.05) is 0 Å². The Morgan fingerprint density at radius 2 is 2.06 bits per heavy atom. The van der Waals surface area contributed by atoms with Crippen molar-refractivity contribution in [3.05, 3.63) is 39.9 Å². The van der Waals surface area contributed by atoms with E-state index in [4.69, 9.17) is 9.79 Å². The molecule has 0 spiro atoms. The van der Waals surface area contributed by atoms with Crippen LogP contribution in [0.3, 0.4) is 0 Å². The summed E-state index contributed by atoms with van der Waals surface area (Å²) in [6.45, 7) is 0.421. The summed E-state index contributed by atoms with van der Waals surface area (Å²) >= 11 is 0. The normalized spacial score (nSPS) is 10.7. The molecule has 0 radical (unpaired) electrons. The van der Waals surface area contributed by atoms with Gasteiger partial charge in [0.05, 0.1) is 4.92 Å². The standard InChI is InChI=1S/C9H13N2O4P/c12-11(13)9-6-2-1-4-8(9)5-3-7-10-16(14)15/h1-2,4,6,10,14-15H,3,5,7H2. The molecule has 0 saturated carbocycles. The van der Waals surface area contributed by atoms with Crippen molar-refractivity contribution in [3.63, 3.8) is 0 Å². The molecule has 0 aliphatic heterocycles. The molecule has 88 valence electrons. The average Bonchev–Trinajstić information content (AvgIpc) is 2.24. The number of benzene rings is 1. The molecule has 0 heterocycles. The Balaban J connectivity index is 2.50. The Labute approximate surface area is 94.0 Å². The molecule has 0 fully saturated rings. The van der Waals surface area contributed by atoms with Gasteiger partial charge in [-0.25, -0.2) is 0 Å². The number of nitrogens with one attached hydrogen (secondary N) is 1. The van der Waals surface area contributed by atoms with Crippen molar-refractivity contribution in [2.24, 2.45) is 0 Å². The summed E-state index contributed by atoms with van der Waals surface area (Å²) in [6, 6.07) is 6.55. The second-order valence-electron chi connectivity index (χ2n) is 3.19. The number of nitro groups is 1. The lowest BCUT2D eigenvalue weighted by atomic mass is 10.1. The molecule has 0 aliphatic rings. The smallest absolute Gasteiger partial charge is 0.272 e. The molecular weight excluding hydrogens is 231 g/mol. The molecule has 7 heteroatoms. The maximum Gasteiger partial charge on any atom is 0.272 e. The van der Waals surface area contributed by atoms with Gasteiger partial charge < -0.3 is 9.79 Å². The Hall–Kier alpha value is -1.07. The number of nitrogens with zero attached hydrogens (tertiary/aromatic N) is 1. The first-order chi connectivity index (χ1) is 7.61. The molecule has 0 aliphatic carbocycles. The number of hydrogen-bond acceptors (Lipinski definition) is 5. The van der Waals surface area contributed by atoms with Crippen molar-refractivity contribution in [1.82, 2.24) is 5.09 Å². The second-order valence-corrected chi connectivity index (χ2v) is 4.08. The first kappa shape index (κ1) is 13.0. The Bertz CT molecular complexity index is 359. The van der Waals surface area contributed by atoms with E-state index in [0.29, 0.717) is 24.9 Å². The summed E-state index contributed by atoms with van der Waals surface area (Å²) in [4.78, 5) is 27.5. The van der Waals surface area contributed by atoms with E-state index in [1.54, 1.807) is 18.2 Å². The summed E-state index contributed by atoms with van der Waals surface area (Å²) < 4.78 is 0. The van der Waals surface area contributed by atoms with Crippen LogP contribution in [0.2, 0.25) is 0 Å². The highest BCUT2D eigenvalue weighted by molar-refractivity contribution is 7.42. The van der Waals surface area contributed by atoms with E-state index >= 15 is 0 Å². The highest BCUT2D eigenvalue weighted by Gasteiger charge is 2.11. The van der Waals surface area contributed by atoms with E-state index < -0.39 is 13.4 Å². The lowest BCUT2D eigenvalue weighted by molar-refractivity contribution is -0.385. The predicted molar refractivity (Wildman–Crippen MR) is 60.8 cm³/mol. The van der Waals surface area contributed by atoms with Gasteiger partial charge in [0.1, 0.15) is 0 Å². The monoisotopic (exact) mass is 244 g/mol. The zero-order valence-corrected chi connectivity index (χ0v) is 9.43. The molecule has 0 atom stereocenters. The fraction of sp³-hybridized carbons (Fsp3) is 0.333. The molecule has 6 nitrogen and oxygen atoms in total. The van der Waals surface area contributed by atoms with Gasteiger partial charge in [-0.15, -0.1) is 0 Å². The predicted octanol–water partition coefficient (Wildman–Crippen LogP) is 1.33. The molecule has 0 amide bonds. The van der Waals surface area contributed by atoms with Crippen LogP contribution in [0.4, 0.5) is 5.69 Å². The van der Waals surface area contributed by atoms with Crippen molar-refractivity contribution >= 4 is 14.2 Å². The van der Waals surface area contributed by atoms with Crippen LogP contribution >= 0.6 is 8.53 Å². The largest absolute Gasteiger partial charge is 0.338 e. The molecule has 0 unspecified atom stereocenters. The van der Waals surface area contributed by atoms with Gasteiger partial charge in [-0.3, -0.25) is 15.2 Å². The van der Waals surface area contributed by atoms with Crippen molar-refractivity contribution in [2.75, 3.05) is 6.54 Å². The second kappa shape index (κ2) is 6.50. The lowest BCUT2D eigenvalue weighted by Crippen LogP contribution is -2.09. The molecule has 0 aromatic heterocycles. The van der Waals surface area contributed by atoms with Crippen LogP contribution < -0.4 is 5.09 Å². The molecular formula is C9H13N2O4P. The van der Waals surface area contributed by atoms with Crippen molar-refractivity contribution in [3.8, 4) is 0 Å². The average molecular weight is 244 g/mol. The zero-order valence-electron chi connectivity index (χ0n) is 8.54. The third-order valence-electron chi connectivity index (χ3n) is 2.06. The summed E-state index contributed by atoms with van der Waals surface area (Å²) in [5, 5.41) is 13.1. The van der Waals surface area contributed by atoms with Crippen molar-refractivity contribution in [1.29, 1.82) is 0 Å². The van der Waals surface area contributed by atoms with Crippen molar-refractivity contribution < 1.29 is 14.7 Å². The maximum atomic E-state index is 10.7. The number of para-hydroxylation sites is 1. The van der Waals surface area contributed by atoms with Gasteiger partial charge in [-0.2, -0.15) is 0 Å². The van der Waals surface area contributed by atoms with E-state index in [9.17, 15) is 10.1 Å². The highest BCUT2D eigenvalue weighted by atomic mass is 31.2. The Kier molecular flexibility index (Phi) is 5.28.